The van der Waals surface area contributed by atoms with Crippen molar-refractivity contribution < 1.29 is 14.3 Å². The topological polar surface area (TPSA) is 38.8 Å². The van der Waals surface area contributed by atoms with E-state index in [-0.39, 0.29) is 12.0 Å². The molecule has 0 bridgehead atoms. The monoisotopic (exact) mass is 317 g/mol. The van der Waals surface area contributed by atoms with Crippen molar-refractivity contribution in [3.05, 3.63) is 29.8 Å². The van der Waals surface area contributed by atoms with Crippen molar-refractivity contribution in [1.82, 2.24) is 4.90 Å². The maximum absolute atomic E-state index is 12.9. The third kappa shape index (κ3) is 3.09. The molecule has 4 heteroatoms. The summed E-state index contributed by atoms with van der Waals surface area (Å²) >= 11 is 0. The van der Waals surface area contributed by atoms with Crippen LogP contribution in [-0.4, -0.2) is 35.2 Å². The molecule has 3 rings (SSSR count). The van der Waals surface area contributed by atoms with Crippen molar-refractivity contribution in [2.24, 2.45) is 0 Å². The van der Waals surface area contributed by atoms with Gasteiger partial charge in [-0.25, -0.2) is 0 Å². The van der Waals surface area contributed by atoms with Crippen LogP contribution in [-0.2, 0) is 9.53 Å². The zero-order chi connectivity index (χ0) is 16.7. The first-order valence-corrected chi connectivity index (χ1v) is 8.53. The average Bonchev–Trinajstić information content (AvgIpc) is 2.88. The van der Waals surface area contributed by atoms with Gasteiger partial charge in [0.15, 0.2) is 0 Å². The molecule has 2 aliphatic rings. The van der Waals surface area contributed by atoms with Gasteiger partial charge in [-0.05, 0) is 53.1 Å². The molecule has 0 radical (unpaired) electrons. The van der Waals surface area contributed by atoms with Gasteiger partial charge >= 0.3 is 5.97 Å². The second kappa shape index (κ2) is 5.82. The van der Waals surface area contributed by atoms with Crippen molar-refractivity contribution in [2.75, 3.05) is 13.2 Å². The summed E-state index contributed by atoms with van der Waals surface area (Å²) in [5, 5.41) is 0. The fraction of sp³-hybridized carbons (Fsp3) is 0.632. The molecule has 1 aromatic rings. The standard InChI is InChI=1S/C19H27NO3/c1-18(2,3)23-17(21)19(4)11-7-12-20(19)15-10-13-22-16-9-6-5-8-14(15)16/h5-6,8-9,15H,7,10-13H2,1-4H3/t15-,19?/m1/s1. The lowest BCUT2D eigenvalue weighted by Crippen LogP contribution is -2.52. The van der Waals surface area contributed by atoms with Crippen LogP contribution in [0.3, 0.4) is 0 Å². The third-order valence-corrected chi connectivity index (χ3v) is 4.84. The van der Waals surface area contributed by atoms with Gasteiger partial charge < -0.3 is 9.47 Å². The SMILES string of the molecule is CC(C)(C)OC(=O)C1(C)CCCN1[C@@H]1CCOc2ccccc21. The molecule has 2 atom stereocenters. The highest BCUT2D eigenvalue weighted by Crippen LogP contribution is 2.44. The van der Waals surface area contributed by atoms with Gasteiger partial charge in [0.2, 0.25) is 0 Å². The molecule has 0 saturated carbocycles. The van der Waals surface area contributed by atoms with E-state index in [0.29, 0.717) is 6.61 Å². The minimum atomic E-state index is -0.553. The number of hydrogen-bond acceptors (Lipinski definition) is 4. The number of rotatable bonds is 2. The molecule has 1 fully saturated rings. The van der Waals surface area contributed by atoms with E-state index in [0.717, 1.165) is 31.6 Å². The molecule has 4 nitrogen and oxygen atoms in total. The van der Waals surface area contributed by atoms with Crippen LogP contribution in [0.2, 0.25) is 0 Å². The second-order valence-corrected chi connectivity index (χ2v) is 7.76. The highest BCUT2D eigenvalue weighted by atomic mass is 16.6. The predicted octanol–water partition coefficient (Wildman–Crippen LogP) is 3.71. The van der Waals surface area contributed by atoms with Crippen molar-refractivity contribution in [1.29, 1.82) is 0 Å². The van der Waals surface area contributed by atoms with E-state index in [2.05, 4.69) is 11.0 Å². The van der Waals surface area contributed by atoms with Crippen molar-refractivity contribution >= 4 is 5.97 Å². The zero-order valence-electron chi connectivity index (χ0n) is 14.6. The normalized spacial score (nSPS) is 28.1. The van der Waals surface area contributed by atoms with Gasteiger partial charge in [-0.15, -0.1) is 0 Å². The molecule has 2 heterocycles. The Morgan fingerprint density at radius 1 is 1.35 bits per heavy atom. The molecular formula is C19H27NO3. The van der Waals surface area contributed by atoms with Crippen molar-refractivity contribution in [3.8, 4) is 5.75 Å². The summed E-state index contributed by atoms with van der Waals surface area (Å²) in [5.41, 5.74) is 0.181. The van der Waals surface area contributed by atoms with Crippen LogP contribution in [0.4, 0.5) is 0 Å². The minimum absolute atomic E-state index is 0.105. The van der Waals surface area contributed by atoms with E-state index in [4.69, 9.17) is 9.47 Å². The summed E-state index contributed by atoms with van der Waals surface area (Å²) < 4.78 is 11.5. The molecule has 0 aliphatic carbocycles. The Morgan fingerprint density at radius 3 is 2.83 bits per heavy atom. The van der Waals surface area contributed by atoms with E-state index in [1.807, 2.05) is 45.9 Å². The van der Waals surface area contributed by atoms with E-state index in [1.54, 1.807) is 0 Å². The van der Waals surface area contributed by atoms with Gasteiger partial charge in [-0.1, -0.05) is 18.2 Å². The first-order valence-electron chi connectivity index (χ1n) is 8.53. The summed E-state index contributed by atoms with van der Waals surface area (Å²) in [6.07, 6.45) is 2.78. The molecule has 1 unspecified atom stereocenters. The number of esters is 1. The van der Waals surface area contributed by atoms with Crippen LogP contribution >= 0.6 is 0 Å². The van der Waals surface area contributed by atoms with Crippen LogP contribution in [0.25, 0.3) is 0 Å². The smallest absolute Gasteiger partial charge is 0.326 e. The van der Waals surface area contributed by atoms with Gasteiger partial charge in [0, 0.05) is 18.0 Å². The Labute approximate surface area is 138 Å². The lowest BCUT2D eigenvalue weighted by molar-refractivity contribution is -0.169. The Balaban J connectivity index is 1.89. The number of fused-ring (bicyclic) bond motifs is 1. The van der Waals surface area contributed by atoms with Gasteiger partial charge in [-0.2, -0.15) is 0 Å². The van der Waals surface area contributed by atoms with Gasteiger partial charge in [-0.3, -0.25) is 9.69 Å². The predicted molar refractivity (Wildman–Crippen MR) is 89.5 cm³/mol. The highest BCUT2D eigenvalue weighted by molar-refractivity contribution is 5.81. The molecule has 23 heavy (non-hydrogen) atoms. The molecule has 0 amide bonds. The second-order valence-electron chi connectivity index (χ2n) is 7.76. The van der Waals surface area contributed by atoms with Crippen molar-refractivity contribution in [2.45, 2.75) is 64.1 Å². The van der Waals surface area contributed by atoms with Crippen LogP contribution in [0.5, 0.6) is 5.75 Å². The Hall–Kier alpha value is -1.55. The Morgan fingerprint density at radius 2 is 2.09 bits per heavy atom. The van der Waals surface area contributed by atoms with E-state index < -0.39 is 11.1 Å². The largest absolute Gasteiger partial charge is 0.493 e. The number of ether oxygens (including phenoxy) is 2. The minimum Gasteiger partial charge on any atom is -0.493 e. The highest BCUT2D eigenvalue weighted by Gasteiger charge is 2.49. The fourth-order valence-corrected chi connectivity index (χ4v) is 3.74. The number of likely N-dealkylation sites (tertiary alicyclic amines) is 1. The van der Waals surface area contributed by atoms with E-state index in [9.17, 15) is 4.79 Å². The van der Waals surface area contributed by atoms with Crippen LogP contribution in [0, 0.1) is 0 Å². The van der Waals surface area contributed by atoms with Crippen LogP contribution in [0.15, 0.2) is 24.3 Å². The van der Waals surface area contributed by atoms with Gasteiger partial charge in [0.05, 0.1) is 6.61 Å². The molecule has 1 saturated heterocycles. The summed E-state index contributed by atoms with van der Waals surface area (Å²) in [6.45, 7) is 9.44. The summed E-state index contributed by atoms with van der Waals surface area (Å²) in [6, 6.07) is 8.40. The molecule has 0 N–H and O–H groups in total. The summed E-state index contributed by atoms with van der Waals surface area (Å²) in [5.74, 6) is 0.841. The number of carbonyl (C=O) groups is 1. The zero-order valence-corrected chi connectivity index (χ0v) is 14.6. The first kappa shape index (κ1) is 16.3. The number of benzene rings is 1. The lowest BCUT2D eigenvalue weighted by atomic mass is 9.92. The molecule has 0 aromatic heterocycles. The molecule has 126 valence electrons. The van der Waals surface area contributed by atoms with E-state index in [1.165, 1.54) is 5.56 Å². The van der Waals surface area contributed by atoms with Gasteiger partial charge in [0.25, 0.3) is 0 Å². The van der Waals surface area contributed by atoms with E-state index >= 15 is 0 Å². The third-order valence-electron chi connectivity index (χ3n) is 4.84. The van der Waals surface area contributed by atoms with Crippen molar-refractivity contribution in [3.63, 3.8) is 0 Å². The molecule has 0 spiro atoms. The maximum atomic E-state index is 12.9. The Kier molecular flexibility index (Phi) is 4.13. The first-order chi connectivity index (χ1) is 10.8. The van der Waals surface area contributed by atoms with Crippen LogP contribution in [0.1, 0.15) is 58.6 Å². The summed E-state index contributed by atoms with van der Waals surface area (Å²) in [4.78, 5) is 15.2. The molecule has 2 aliphatic heterocycles. The summed E-state index contributed by atoms with van der Waals surface area (Å²) in [7, 11) is 0. The maximum Gasteiger partial charge on any atom is 0.326 e. The number of carbonyl (C=O) groups excluding carboxylic acids is 1. The quantitative estimate of drug-likeness (QED) is 0.780. The number of nitrogens with zero attached hydrogens (tertiary/aromatic N) is 1. The van der Waals surface area contributed by atoms with Crippen LogP contribution < -0.4 is 4.74 Å². The molecule has 1 aromatic carbocycles. The Bertz CT molecular complexity index is 593. The molecular weight excluding hydrogens is 290 g/mol. The van der Waals surface area contributed by atoms with Gasteiger partial charge in [0.1, 0.15) is 16.9 Å². The average molecular weight is 317 g/mol. The number of para-hydroxylation sites is 1. The number of hydrogen-bond donors (Lipinski definition) is 0. The lowest BCUT2D eigenvalue weighted by Gasteiger charge is -2.42. The fourth-order valence-electron chi connectivity index (χ4n) is 3.74.